The molecule has 0 aliphatic carbocycles. The van der Waals surface area contributed by atoms with Gasteiger partial charge in [0.05, 0.1) is 19.8 Å². The van der Waals surface area contributed by atoms with Gasteiger partial charge in [-0.3, -0.25) is 4.79 Å². The number of carbonyl (C=O) groups excluding carboxylic acids is 1. The van der Waals surface area contributed by atoms with E-state index in [0.29, 0.717) is 25.7 Å². The molecule has 6 heteroatoms. The normalized spacial score (nSPS) is 14.4. The van der Waals surface area contributed by atoms with Crippen LogP contribution >= 0.6 is 0 Å². The van der Waals surface area contributed by atoms with Crippen LogP contribution in [0.5, 0.6) is 11.5 Å². The van der Waals surface area contributed by atoms with Crippen molar-refractivity contribution < 1.29 is 14.3 Å². The number of nitrogens with one attached hydrogen (secondary N) is 3. The lowest BCUT2D eigenvalue weighted by atomic mass is 9.95. The first-order valence-corrected chi connectivity index (χ1v) is 11.1. The Morgan fingerprint density at radius 1 is 1.10 bits per heavy atom. The van der Waals surface area contributed by atoms with Gasteiger partial charge >= 0.3 is 0 Å². The summed E-state index contributed by atoms with van der Waals surface area (Å²) in [5, 5.41) is 7.66. The molecule has 6 nitrogen and oxygen atoms in total. The topological polar surface area (TPSA) is 75.4 Å². The summed E-state index contributed by atoms with van der Waals surface area (Å²) in [6, 6.07) is 14.3. The van der Waals surface area contributed by atoms with Crippen LogP contribution in [-0.2, 0) is 11.2 Å². The van der Waals surface area contributed by atoms with Gasteiger partial charge in [0.25, 0.3) is 0 Å². The van der Waals surface area contributed by atoms with E-state index in [1.807, 2.05) is 30.5 Å². The lowest BCUT2D eigenvalue weighted by molar-refractivity contribution is -0.120. The SMILES string of the molecule is CC(C)C(NCC(=O)NCCc1c[nH]c2ccccc12)c1ccc2c(c1)OCCCO2. The van der Waals surface area contributed by atoms with Gasteiger partial charge in [-0.25, -0.2) is 0 Å². The molecule has 0 bridgehead atoms. The number of ether oxygens (including phenoxy) is 2. The molecule has 1 aliphatic heterocycles. The molecule has 164 valence electrons. The molecule has 1 amide bonds. The second-order valence-electron chi connectivity index (χ2n) is 8.32. The standard InChI is InChI=1S/C25H31N3O3/c1-17(2)25(18-8-9-22-23(14-18)31-13-5-12-30-22)28-16-24(29)26-11-10-19-15-27-21-7-4-3-6-20(19)21/h3-4,6-9,14-15,17,25,27-28H,5,10-13,16H2,1-2H3,(H,26,29). The van der Waals surface area contributed by atoms with E-state index in [4.69, 9.17) is 9.47 Å². The molecular formula is C25H31N3O3. The summed E-state index contributed by atoms with van der Waals surface area (Å²) in [5.41, 5.74) is 3.45. The molecule has 0 saturated carbocycles. The van der Waals surface area contributed by atoms with Crippen LogP contribution in [-0.4, -0.2) is 37.2 Å². The van der Waals surface area contributed by atoms with E-state index in [1.54, 1.807) is 0 Å². The smallest absolute Gasteiger partial charge is 0.233 e. The minimum absolute atomic E-state index is 0.000153. The zero-order valence-electron chi connectivity index (χ0n) is 18.2. The van der Waals surface area contributed by atoms with Gasteiger partial charge < -0.3 is 25.1 Å². The van der Waals surface area contributed by atoms with Crippen LogP contribution < -0.4 is 20.1 Å². The Kier molecular flexibility index (Phi) is 6.77. The van der Waals surface area contributed by atoms with Crippen molar-refractivity contribution in [1.29, 1.82) is 0 Å². The Morgan fingerprint density at radius 3 is 2.74 bits per heavy atom. The number of hydrogen-bond donors (Lipinski definition) is 3. The summed E-state index contributed by atoms with van der Waals surface area (Å²) in [7, 11) is 0. The van der Waals surface area contributed by atoms with Gasteiger partial charge in [0.1, 0.15) is 0 Å². The molecule has 2 heterocycles. The third-order valence-corrected chi connectivity index (χ3v) is 5.67. The number of amides is 1. The van der Waals surface area contributed by atoms with E-state index in [-0.39, 0.29) is 18.5 Å². The van der Waals surface area contributed by atoms with E-state index in [2.05, 4.69) is 47.7 Å². The molecule has 1 aromatic heterocycles. The number of aromatic nitrogens is 1. The van der Waals surface area contributed by atoms with E-state index >= 15 is 0 Å². The Hall–Kier alpha value is -2.99. The first-order valence-electron chi connectivity index (χ1n) is 11.1. The maximum Gasteiger partial charge on any atom is 0.233 e. The van der Waals surface area contributed by atoms with Crippen LogP contribution in [0.3, 0.4) is 0 Å². The summed E-state index contributed by atoms with van der Waals surface area (Å²) >= 11 is 0. The lowest BCUT2D eigenvalue weighted by Crippen LogP contribution is -2.38. The first kappa shape index (κ1) is 21.2. The largest absolute Gasteiger partial charge is 0.490 e. The molecule has 0 radical (unpaired) electrons. The third-order valence-electron chi connectivity index (χ3n) is 5.67. The fourth-order valence-electron chi connectivity index (χ4n) is 4.05. The maximum absolute atomic E-state index is 12.4. The minimum Gasteiger partial charge on any atom is -0.490 e. The van der Waals surface area contributed by atoms with Crippen LogP contribution in [0.1, 0.15) is 37.4 Å². The number of carbonyl (C=O) groups is 1. The fourth-order valence-corrected chi connectivity index (χ4v) is 4.05. The molecule has 0 spiro atoms. The lowest BCUT2D eigenvalue weighted by Gasteiger charge is -2.23. The molecule has 4 rings (SSSR count). The predicted molar refractivity (Wildman–Crippen MR) is 123 cm³/mol. The maximum atomic E-state index is 12.4. The summed E-state index contributed by atoms with van der Waals surface area (Å²) in [6.45, 7) is 6.51. The molecule has 2 aromatic carbocycles. The van der Waals surface area contributed by atoms with Crippen molar-refractivity contribution in [2.45, 2.75) is 32.7 Å². The van der Waals surface area contributed by atoms with Crippen molar-refractivity contribution in [2.75, 3.05) is 26.3 Å². The average Bonchev–Trinajstić information content (AvgIpc) is 3.02. The summed E-state index contributed by atoms with van der Waals surface area (Å²) in [4.78, 5) is 15.7. The van der Waals surface area contributed by atoms with Gasteiger partial charge in [0, 0.05) is 36.1 Å². The Balaban J connectivity index is 1.31. The Morgan fingerprint density at radius 2 is 1.90 bits per heavy atom. The molecule has 3 N–H and O–H groups in total. The highest BCUT2D eigenvalue weighted by Crippen LogP contribution is 2.34. The molecule has 1 aliphatic rings. The summed E-state index contributed by atoms with van der Waals surface area (Å²) < 4.78 is 11.6. The minimum atomic E-state index is -0.000153. The predicted octanol–water partition coefficient (Wildman–Crippen LogP) is 3.97. The third kappa shape index (κ3) is 5.20. The highest BCUT2D eigenvalue weighted by atomic mass is 16.5. The van der Waals surface area contributed by atoms with Crippen molar-refractivity contribution in [3.8, 4) is 11.5 Å². The van der Waals surface area contributed by atoms with Crippen LogP contribution in [0.25, 0.3) is 10.9 Å². The molecule has 0 fully saturated rings. The van der Waals surface area contributed by atoms with Gasteiger partial charge in [-0.15, -0.1) is 0 Å². The summed E-state index contributed by atoms with van der Waals surface area (Å²) in [6.07, 6.45) is 3.70. The van der Waals surface area contributed by atoms with Crippen molar-refractivity contribution in [2.24, 2.45) is 5.92 Å². The highest BCUT2D eigenvalue weighted by molar-refractivity contribution is 5.83. The second-order valence-corrected chi connectivity index (χ2v) is 8.32. The number of rotatable bonds is 8. The number of H-pyrrole nitrogens is 1. The summed E-state index contributed by atoms with van der Waals surface area (Å²) in [5.74, 6) is 1.90. The van der Waals surface area contributed by atoms with Gasteiger partial charge in [-0.1, -0.05) is 38.1 Å². The quantitative estimate of drug-likeness (QED) is 0.514. The van der Waals surface area contributed by atoms with E-state index in [0.717, 1.165) is 35.4 Å². The Labute approximate surface area is 183 Å². The average molecular weight is 422 g/mol. The first-order chi connectivity index (χ1) is 15.1. The number of hydrogen-bond acceptors (Lipinski definition) is 4. The van der Waals surface area contributed by atoms with Crippen LogP contribution in [0.4, 0.5) is 0 Å². The fraction of sp³-hybridized carbons (Fsp3) is 0.400. The van der Waals surface area contributed by atoms with Crippen LogP contribution in [0.2, 0.25) is 0 Å². The van der Waals surface area contributed by atoms with Crippen molar-refractivity contribution in [3.05, 3.63) is 59.8 Å². The number of para-hydroxylation sites is 1. The highest BCUT2D eigenvalue weighted by Gasteiger charge is 2.20. The molecule has 3 aromatic rings. The Bertz CT molecular complexity index is 1030. The van der Waals surface area contributed by atoms with Gasteiger partial charge in [0.15, 0.2) is 11.5 Å². The number of fused-ring (bicyclic) bond motifs is 2. The zero-order chi connectivity index (χ0) is 21.6. The van der Waals surface area contributed by atoms with Gasteiger partial charge in [-0.2, -0.15) is 0 Å². The van der Waals surface area contributed by atoms with Crippen molar-refractivity contribution >= 4 is 16.8 Å². The van der Waals surface area contributed by atoms with E-state index < -0.39 is 0 Å². The second kappa shape index (κ2) is 9.88. The zero-order valence-corrected chi connectivity index (χ0v) is 18.2. The molecule has 31 heavy (non-hydrogen) atoms. The van der Waals surface area contributed by atoms with Gasteiger partial charge in [0.2, 0.25) is 5.91 Å². The monoisotopic (exact) mass is 421 g/mol. The molecule has 0 saturated heterocycles. The number of benzene rings is 2. The van der Waals surface area contributed by atoms with Crippen LogP contribution in [0.15, 0.2) is 48.7 Å². The molecular weight excluding hydrogens is 390 g/mol. The van der Waals surface area contributed by atoms with E-state index in [9.17, 15) is 4.79 Å². The van der Waals surface area contributed by atoms with Crippen molar-refractivity contribution in [1.82, 2.24) is 15.6 Å². The van der Waals surface area contributed by atoms with Gasteiger partial charge in [-0.05, 0) is 41.7 Å². The van der Waals surface area contributed by atoms with E-state index in [1.165, 1.54) is 10.9 Å². The molecule has 1 unspecified atom stereocenters. The van der Waals surface area contributed by atoms with Crippen molar-refractivity contribution in [3.63, 3.8) is 0 Å². The van der Waals surface area contributed by atoms with Crippen LogP contribution in [0, 0.1) is 5.92 Å². The number of aromatic amines is 1. The molecule has 1 atom stereocenters.